The van der Waals surface area contributed by atoms with E-state index in [1.165, 1.54) is 4.90 Å². The number of amides is 2. The smallest absolute Gasteiger partial charge is 0.303 e. The van der Waals surface area contributed by atoms with Crippen LogP contribution in [0.25, 0.3) is 11.3 Å². The van der Waals surface area contributed by atoms with Gasteiger partial charge in [0.15, 0.2) is 11.6 Å². The largest absolute Gasteiger partial charge is 0.481 e. The van der Waals surface area contributed by atoms with Crippen LogP contribution in [0.4, 0.5) is 10.2 Å². The van der Waals surface area contributed by atoms with Gasteiger partial charge in [0.05, 0.1) is 11.7 Å². The van der Waals surface area contributed by atoms with E-state index < -0.39 is 35.7 Å². The lowest BCUT2D eigenvalue weighted by Crippen LogP contribution is -2.46. The second-order valence-electron chi connectivity index (χ2n) is 7.06. The lowest BCUT2D eigenvalue weighted by molar-refractivity contribution is -0.137. The molecule has 1 aliphatic heterocycles. The number of hydrogen-bond acceptors (Lipinski definition) is 5. The first-order valence-corrected chi connectivity index (χ1v) is 9.02. The van der Waals surface area contributed by atoms with Crippen molar-refractivity contribution in [1.29, 1.82) is 0 Å². The average molecular weight is 400 g/mol. The molecule has 9 heteroatoms. The lowest BCUT2D eigenvalue weighted by Gasteiger charge is -2.29. The molecule has 0 saturated heterocycles. The lowest BCUT2D eigenvalue weighted by atomic mass is 9.99. The summed E-state index contributed by atoms with van der Waals surface area (Å²) in [6, 6.07) is 5.05. The normalized spacial score (nSPS) is 16.6. The number of nitrogens with zero attached hydrogens (tertiary/aromatic N) is 2. The molecule has 1 aromatic carbocycles. The van der Waals surface area contributed by atoms with E-state index in [2.05, 4.69) is 4.98 Å². The van der Waals surface area contributed by atoms with Crippen molar-refractivity contribution in [3.05, 3.63) is 46.8 Å². The number of pyridine rings is 1. The second kappa shape index (κ2) is 7.50. The van der Waals surface area contributed by atoms with Crippen LogP contribution in [0.5, 0.6) is 0 Å². The minimum atomic E-state index is -1.08. The minimum absolute atomic E-state index is 0.0726. The van der Waals surface area contributed by atoms with Gasteiger partial charge in [0.2, 0.25) is 5.91 Å². The summed E-state index contributed by atoms with van der Waals surface area (Å²) in [4.78, 5) is 41.1. The Hall–Kier alpha value is -3.49. The number of primary amides is 1. The summed E-state index contributed by atoms with van der Waals surface area (Å²) < 4.78 is 13.8. The van der Waals surface area contributed by atoms with Crippen LogP contribution >= 0.6 is 0 Å². The van der Waals surface area contributed by atoms with Crippen LogP contribution in [0.3, 0.4) is 0 Å². The molecular weight excluding hydrogens is 379 g/mol. The van der Waals surface area contributed by atoms with Crippen LogP contribution in [0, 0.1) is 12.7 Å². The number of aromatic nitrogens is 1. The number of anilines is 1. The zero-order chi connectivity index (χ0) is 21.5. The molecule has 29 heavy (non-hydrogen) atoms. The summed E-state index contributed by atoms with van der Waals surface area (Å²) in [5, 5.41) is 8.92. The maximum absolute atomic E-state index is 13.8. The highest BCUT2D eigenvalue weighted by atomic mass is 19.1. The summed E-state index contributed by atoms with van der Waals surface area (Å²) in [7, 11) is 0. The molecule has 3 rings (SSSR count). The number of fused-ring (bicyclic) bond motifs is 1. The topological polar surface area (TPSA) is 140 Å². The van der Waals surface area contributed by atoms with Gasteiger partial charge in [-0.25, -0.2) is 9.37 Å². The van der Waals surface area contributed by atoms with Gasteiger partial charge in [-0.05, 0) is 49.6 Å². The predicted octanol–water partition coefficient (Wildman–Crippen LogP) is 2.01. The fourth-order valence-corrected chi connectivity index (χ4v) is 3.65. The third-order valence-corrected chi connectivity index (χ3v) is 5.14. The first kappa shape index (κ1) is 20.2. The average Bonchev–Trinajstić information content (AvgIpc) is 2.90. The predicted molar refractivity (Wildman–Crippen MR) is 103 cm³/mol. The number of benzene rings is 1. The van der Waals surface area contributed by atoms with Crippen LogP contribution in [0.1, 0.15) is 47.3 Å². The van der Waals surface area contributed by atoms with Gasteiger partial charge in [-0.2, -0.15) is 0 Å². The Morgan fingerprint density at radius 1 is 1.34 bits per heavy atom. The van der Waals surface area contributed by atoms with Crippen LogP contribution < -0.4 is 11.5 Å². The van der Waals surface area contributed by atoms with E-state index in [-0.39, 0.29) is 18.7 Å². The molecule has 0 spiro atoms. The van der Waals surface area contributed by atoms with E-state index in [1.54, 1.807) is 38.1 Å². The van der Waals surface area contributed by atoms with Crippen LogP contribution in [-0.4, -0.2) is 38.8 Å². The van der Waals surface area contributed by atoms with Crippen LogP contribution in [0.15, 0.2) is 24.3 Å². The Kier molecular flexibility index (Phi) is 5.23. The van der Waals surface area contributed by atoms with Gasteiger partial charge in [0, 0.05) is 17.5 Å². The van der Waals surface area contributed by atoms with Crippen molar-refractivity contribution in [1.82, 2.24) is 9.88 Å². The quantitative estimate of drug-likeness (QED) is 0.678. The van der Waals surface area contributed by atoms with Crippen LogP contribution in [-0.2, 0) is 9.59 Å². The third-order valence-electron chi connectivity index (χ3n) is 5.14. The molecular formula is C20H21FN4O4. The molecule has 1 unspecified atom stereocenters. The monoisotopic (exact) mass is 400 g/mol. The summed E-state index contributed by atoms with van der Waals surface area (Å²) in [6.45, 7) is 3.32. The highest BCUT2D eigenvalue weighted by Crippen LogP contribution is 2.38. The van der Waals surface area contributed by atoms with Gasteiger partial charge in [-0.1, -0.05) is 6.07 Å². The third kappa shape index (κ3) is 3.63. The van der Waals surface area contributed by atoms with Gasteiger partial charge >= 0.3 is 5.97 Å². The van der Waals surface area contributed by atoms with E-state index >= 15 is 0 Å². The number of nitrogens with two attached hydrogens (primary N) is 2. The zero-order valence-corrected chi connectivity index (χ0v) is 16.0. The summed E-state index contributed by atoms with van der Waals surface area (Å²) in [6.07, 6.45) is -0.361. The van der Waals surface area contributed by atoms with Gasteiger partial charge in [-0.15, -0.1) is 0 Å². The Morgan fingerprint density at radius 3 is 2.62 bits per heavy atom. The molecule has 152 valence electrons. The number of halogens is 1. The van der Waals surface area contributed by atoms with E-state index in [0.29, 0.717) is 27.9 Å². The number of carbonyl (C=O) groups is 3. The number of hydrogen-bond donors (Lipinski definition) is 3. The summed E-state index contributed by atoms with van der Waals surface area (Å²) >= 11 is 0. The summed E-state index contributed by atoms with van der Waals surface area (Å²) in [5.41, 5.74) is 13.6. The van der Waals surface area contributed by atoms with Crippen molar-refractivity contribution in [2.24, 2.45) is 5.73 Å². The van der Waals surface area contributed by atoms with E-state index in [9.17, 15) is 18.8 Å². The highest BCUT2D eigenvalue weighted by molar-refractivity contribution is 6.02. The number of carbonyl (C=O) groups excluding carboxylic acids is 2. The van der Waals surface area contributed by atoms with E-state index in [0.717, 1.165) is 0 Å². The first-order valence-electron chi connectivity index (χ1n) is 9.02. The molecule has 2 atom stereocenters. The molecule has 2 amide bonds. The van der Waals surface area contributed by atoms with Gasteiger partial charge in [0.1, 0.15) is 6.04 Å². The summed E-state index contributed by atoms with van der Waals surface area (Å²) in [5.74, 6) is -3.02. The molecule has 0 aliphatic carbocycles. The molecule has 0 radical (unpaired) electrons. The van der Waals surface area contributed by atoms with Crippen molar-refractivity contribution in [3.63, 3.8) is 0 Å². The molecule has 1 aliphatic rings. The Labute approximate surface area is 166 Å². The molecule has 5 N–H and O–H groups in total. The first-order chi connectivity index (χ1) is 13.6. The molecule has 2 aromatic rings. The van der Waals surface area contributed by atoms with E-state index in [1.807, 2.05) is 0 Å². The number of carboxylic acid groups (broad SMARTS) is 1. The van der Waals surface area contributed by atoms with Crippen LogP contribution in [0.2, 0.25) is 0 Å². The Bertz CT molecular complexity index is 1000. The number of rotatable bonds is 6. The van der Waals surface area contributed by atoms with Gasteiger partial charge in [0.25, 0.3) is 5.91 Å². The highest BCUT2D eigenvalue weighted by Gasteiger charge is 2.40. The number of carboxylic acids is 1. The fourth-order valence-electron chi connectivity index (χ4n) is 3.65. The number of aryl methyl sites for hydroxylation is 1. The van der Waals surface area contributed by atoms with E-state index in [4.69, 9.17) is 16.6 Å². The number of nitrogen functional groups attached to an aromatic ring is 1. The zero-order valence-electron chi connectivity index (χ0n) is 16.0. The Morgan fingerprint density at radius 2 is 2.03 bits per heavy atom. The Balaban J connectivity index is 1.99. The molecule has 2 heterocycles. The standard InChI is InChI=1S/C20H21FN4O4/c1-9-7-14(24-18(22)17(9)21)11-3-4-12-13(8-11)10(2)25(20(12)29)15(19(23)28)5-6-16(26)27/h3-4,7-8,10,15H,5-6H2,1-2H3,(H2,22,24)(H2,23,28)(H,26,27)/t10?,15-/m0/s1. The van der Waals surface area contributed by atoms with Crippen molar-refractivity contribution in [2.75, 3.05) is 5.73 Å². The number of aliphatic carboxylic acids is 1. The molecule has 8 nitrogen and oxygen atoms in total. The molecule has 0 saturated carbocycles. The van der Waals surface area contributed by atoms with Crippen molar-refractivity contribution < 1.29 is 23.9 Å². The van der Waals surface area contributed by atoms with Gasteiger partial charge in [-0.3, -0.25) is 14.4 Å². The maximum Gasteiger partial charge on any atom is 0.303 e. The SMILES string of the molecule is Cc1cc(-c2ccc3c(c2)C(C)N([C@@H](CCC(=O)O)C(N)=O)C3=O)nc(N)c1F. The minimum Gasteiger partial charge on any atom is -0.481 e. The fraction of sp³-hybridized carbons (Fsp3) is 0.300. The second-order valence-corrected chi connectivity index (χ2v) is 7.06. The molecule has 0 bridgehead atoms. The van der Waals surface area contributed by atoms with Crippen molar-refractivity contribution in [3.8, 4) is 11.3 Å². The van der Waals surface area contributed by atoms with Crippen molar-refractivity contribution >= 4 is 23.6 Å². The molecule has 0 fully saturated rings. The maximum atomic E-state index is 13.8. The van der Waals surface area contributed by atoms with Crippen molar-refractivity contribution in [2.45, 2.75) is 38.8 Å². The van der Waals surface area contributed by atoms with Gasteiger partial charge < -0.3 is 21.5 Å². The molecule has 1 aromatic heterocycles.